The van der Waals surface area contributed by atoms with Crippen LogP contribution in [-0.2, 0) is 0 Å². The topological polar surface area (TPSA) is 18.5 Å². The summed E-state index contributed by atoms with van der Waals surface area (Å²) in [5.41, 5.74) is 0.326. The molecule has 3 heteroatoms. The van der Waals surface area contributed by atoms with Crippen molar-refractivity contribution in [3.63, 3.8) is 0 Å². The van der Waals surface area contributed by atoms with Crippen LogP contribution in [0.1, 0.15) is 46.5 Å². The van der Waals surface area contributed by atoms with E-state index in [0.717, 1.165) is 19.1 Å². The molecule has 1 N–H and O–H groups in total. The maximum absolute atomic E-state index is 3.46. The van der Waals surface area contributed by atoms with Gasteiger partial charge in [0.1, 0.15) is 0 Å². The van der Waals surface area contributed by atoms with Gasteiger partial charge in [-0.3, -0.25) is 9.80 Å². The van der Waals surface area contributed by atoms with Gasteiger partial charge in [-0.25, -0.2) is 0 Å². The highest BCUT2D eigenvalue weighted by molar-refractivity contribution is 4.90. The first kappa shape index (κ1) is 14.3. The van der Waals surface area contributed by atoms with Gasteiger partial charge >= 0.3 is 0 Å². The van der Waals surface area contributed by atoms with E-state index in [1.54, 1.807) is 0 Å². The van der Waals surface area contributed by atoms with E-state index in [-0.39, 0.29) is 0 Å². The number of hydrogen-bond donors (Lipinski definition) is 1. The fraction of sp³-hybridized carbons (Fsp3) is 1.00. The lowest BCUT2D eigenvalue weighted by molar-refractivity contribution is 0.0336. The van der Waals surface area contributed by atoms with Crippen LogP contribution in [0.15, 0.2) is 0 Å². The van der Waals surface area contributed by atoms with E-state index in [4.69, 9.17) is 0 Å². The second kappa shape index (κ2) is 6.36. The number of likely N-dealkylation sites (tertiary alicyclic amines) is 1. The number of nitrogens with zero attached hydrogens (tertiary/aromatic N) is 2. The molecular weight excluding hydrogens is 222 g/mol. The molecule has 3 nitrogen and oxygen atoms in total. The first-order valence-electron chi connectivity index (χ1n) is 7.83. The summed E-state index contributed by atoms with van der Waals surface area (Å²) in [6.45, 7) is 14.5. The average Bonchev–Trinajstić information content (AvgIpc) is 2.40. The van der Waals surface area contributed by atoms with Crippen molar-refractivity contribution in [1.29, 1.82) is 0 Å². The van der Waals surface area contributed by atoms with Crippen molar-refractivity contribution in [2.75, 3.05) is 39.3 Å². The molecule has 0 aliphatic carbocycles. The molecule has 2 aliphatic rings. The molecule has 2 rings (SSSR count). The molecule has 0 radical (unpaired) electrons. The van der Waals surface area contributed by atoms with Crippen LogP contribution < -0.4 is 5.32 Å². The van der Waals surface area contributed by atoms with Crippen molar-refractivity contribution in [3.8, 4) is 0 Å². The van der Waals surface area contributed by atoms with E-state index in [1.807, 2.05) is 0 Å². The normalized spacial score (nSPS) is 28.5. The Kier molecular flexibility index (Phi) is 5.05. The van der Waals surface area contributed by atoms with Crippen molar-refractivity contribution in [2.24, 2.45) is 0 Å². The lowest BCUT2D eigenvalue weighted by Crippen LogP contribution is -2.59. The van der Waals surface area contributed by atoms with E-state index in [2.05, 4.69) is 35.9 Å². The van der Waals surface area contributed by atoms with Gasteiger partial charge in [0.2, 0.25) is 0 Å². The van der Waals surface area contributed by atoms with Gasteiger partial charge in [-0.2, -0.15) is 0 Å². The van der Waals surface area contributed by atoms with Gasteiger partial charge in [0.15, 0.2) is 0 Å². The minimum absolute atomic E-state index is 0.326. The van der Waals surface area contributed by atoms with E-state index < -0.39 is 0 Å². The predicted octanol–water partition coefficient (Wildman–Crippen LogP) is 1.93. The fourth-order valence-electron chi connectivity index (χ4n) is 3.60. The monoisotopic (exact) mass is 253 g/mol. The standard InChI is InChI=1S/C15H31N3/c1-4-14-7-5-6-10-17(14)13-15(2,3)18-11-8-16-9-12-18/h14,16H,4-13H2,1-3H3. The second-order valence-electron chi connectivity index (χ2n) is 6.58. The highest BCUT2D eigenvalue weighted by Crippen LogP contribution is 2.24. The van der Waals surface area contributed by atoms with Crippen LogP contribution in [0.4, 0.5) is 0 Å². The Hall–Kier alpha value is -0.120. The Morgan fingerprint density at radius 2 is 1.83 bits per heavy atom. The molecule has 2 aliphatic heterocycles. The molecule has 0 amide bonds. The Morgan fingerprint density at radius 3 is 2.50 bits per heavy atom. The van der Waals surface area contributed by atoms with E-state index in [0.29, 0.717) is 5.54 Å². The van der Waals surface area contributed by atoms with Gasteiger partial charge in [0, 0.05) is 44.3 Å². The largest absolute Gasteiger partial charge is 0.314 e. The van der Waals surface area contributed by atoms with Gasteiger partial charge in [-0.15, -0.1) is 0 Å². The summed E-state index contributed by atoms with van der Waals surface area (Å²) >= 11 is 0. The first-order valence-corrected chi connectivity index (χ1v) is 7.83. The molecule has 0 aromatic carbocycles. The second-order valence-corrected chi connectivity index (χ2v) is 6.58. The SMILES string of the molecule is CCC1CCCCN1CC(C)(C)N1CCNCC1. The lowest BCUT2D eigenvalue weighted by Gasteiger charge is -2.46. The number of hydrogen-bond acceptors (Lipinski definition) is 3. The summed E-state index contributed by atoms with van der Waals surface area (Å²) in [5.74, 6) is 0. The van der Waals surface area contributed by atoms with Gasteiger partial charge in [0.05, 0.1) is 0 Å². The predicted molar refractivity (Wildman–Crippen MR) is 78.0 cm³/mol. The average molecular weight is 253 g/mol. The summed E-state index contributed by atoms with van der Waals surface area (Å²) < 4.78 is 0. The summed E-state index contributed by atoms with van der Waals surface area (Å²) in [4.78, 5) is 5.43. The zero-order valence-corrected chi connectivity index (χ0v) is 12.5. The quantitative estimate of drug-likeness (QED) is 0.826. The number of rotatable bonds is 4. The molecule has 0 bridgehead atoms. The zero-order chi connectivity index (χ0) is 13.0. The summed E-state index contributed by atoms with van der Waals surface area (Å²) in [7, 11) is 0. The molecule has 0 aromatic heterocycles. The Labute approximate surface area is 113 Å². The summed E-state index contributed by atoms with van der Waals surface area (Å²) in [6, 6.07) is 0.834. The summed E-state index contributed by atoms with van der Waals surface area (Å²) in [5, 5.41) is 3.46. The van der Waals surface area contributed by atoms with Gasteiger partial charge in [0.25, 0.3) is 0 Å². The van der Waals surface area contributed by atoms with Crippen molar-refractivity contribution in [2.45, 2.75) is 58.0 Å². The highest BCUT2D eigenvalue weighted by Gasteiger charge is 2.32. The third-order valence-corrected chi connectivity index (χ3v) is 4.78. The molecule has 106 valence electrons. The van der Waals surface area contributed by atoms with E-state index >= 15 is 0 Å². The molecule has 2 heterocycles. The van der Waals surface area contributed by atoms with Crippen LogP contribution >= 0.6 is 0 Å². The molecule has 1 unspecified atom stereocenters. The molecule has 0 spiro atoms. The van der Waals surface area contributed by atoms with Crippen molar-refractivity contribution < 1.29 is 0 Å². The van der Waals surface area contributed by atoms with Crippen LogP contribution in [-0.4, -0.2) is 60.6 Å². The van der Waals surface area contributed by atoms with Crippen molar-refractivity contribution >= 4 is 0 Å². The van der Waals surface area contributed by atoms with E-state index in [9.17, 15) is 0 Å². The third-order valence-electron chi connectivity index (χ3n) is 4.78. The molecule has 18 heavy (non-hydrogen) atoms. The lowest BCUT2D eigenvalue weighted by atomic mass is 9.94. The van der Waals surface area contributed by atoms with Crippen molar-refractivity contribution in [1.82, 2.24) is 15.1 Å². The maximum Gasteiger partial charge on any atom is 0.0281 e. The Morgan fingerprint density at radius 1 is 1.11 bits per heavy atom. The Bertz CT molecular complexity index is 246. The van der Waals surface area contributed by atoms with Crippen LogP contribution in [0.3, 0.4) is 0 Å². The zero-order valence-electron chi connectivity index (χ0n) is 12.5. The van der Waals surface area contributed by atoms with Gasteiger partial charge < -0.3 is 5.32 Å². The van der Waals surface area contributed by atoms with Crippen LogP contribution in [0.25, 0.3) is 0 Å². The van der Waals surface area contributed by atoms with Crippen molar-refractivity contribution in [3.05, 3.63) is 0 Å². The minimum atomic E-state index is 0.326. The molecule has 2 saturated heterocycles. The first-order chi connectivity index (χ1) is 8.63. The number of piperidine rings is 1. The molecule has 0 saturated carbocycles. The number of piperazine rings is 1. The highest BCUT2D eigenvalue weighted by atomic mass is 15.3. The Balaban J connectivity index is 1.92. The number of nitrogens with one attached hydrogen (secondary N) is 1. The van der Waals surface area contributed by atoms with Gasteiger partial charge in [-0.05, 0) is 39.7 Å². The maximum atomic E-state index is 3.46. The molecule has 0 aromatic rings. The van der Waals surface area contributed by atoms with Crippen LogP contribution in [0.2, 0.25) is 0 Å². The van der Waals surface area contributed by atoms with E-state index in [1.165, 1.54) is 51.9 Å². The van der Waals surface area contributed by atoms with Crippen LogP contribution in [0.5, 0.6) is 0 Å². The molecule has 2 fully saturated rings. The molecular formula is C15H31N3. The molecule has 1 atom stereocenters. The van der Waals surface area contributed by atoms with Gasteiger partial charge in [-0.1, -0.05) is 13.3 Å². The fourth-order valence-corrected chi connectivity index (χ4v) is 3.60. The van der Waals surface area contributed by atoms with Crippen LogP contribution in [0, 0.1) is 0 Å². The third kappa shape index (κ3) is 3.46. The summed E-state index contributed by atoms with van der Waals surface area (Å²) in [6.07, 6.45) is 5.56. The smallest absolute Gasteiger partial charge is 0.0281 e. The minimum Gasteiger partial charge on any atom is -0.314 e.